The third kappa shape index (κ3) is 2.72. The van der Waals surface area contributed by atoms with Crippen molar-refractivity contribution in [3.63, 3.8) is 0 Å². The smallest absolute Gasteiger partial charge is 0.355 e. The van der Waals surface area contributed by atoms with Crippen molar-refractivity contribution < 1.29 is 13.2 Å². The van der Waals surface area contributed by atoms with E-state index in [1.807, 2.05) is 11.8 Å². The number of nitrogens with two attached hydrogens (primary N) is 1. The first-order valence-corrected chi connectivity index (χ1v) is 5.79. The van der Waals surface area contributed by atoms with Gasteiger partial charge >= 0.3 is 6.18 Å². The molecule has 0 radical (unpaired) electrons. The highest BCUT2D eigenvalue weighted by atomic mass is 19.4. The lowest BCUT2D eigenvalue weighted by Crippen LogP contribution is -2.46. The van der Waals surface area contributed by atoms with Crippen LogP contribution in [-0.2, 0) is 6.18 Å². The Morgan fingerprint density at radius 1 is 1.33 bits per heavy atom. The highest BCUT2D eigenvalue weighted by Crippen LogP contribution is 2.28. The van der Waals surface area contributed by atoms with Gasteiger partial charge in [0.15, 0.2) is 11.5 Å². The average molecular weight is 260 g/mol. The van der Waals surface area contributed by atoms with Gasteiger partial charge in [0.05, 0.1) is 0 Å². The van der Waals surface area contributed by atoms with E-state index in [0.717, 1.165) is 12.5 Å². The van der Waals surface area contributed by atoms with Gasteiger partial charge in [-0.15, -0.1) is 10.2 Å². The number of hydrogen-bond donors (Lipinski definition) is 1. The summed E-state index contributed by atoms with van der Waals surface area (Å²) in [6, 6.07) is 2.46. The summed E-state index contributed by atoms with van der Waals surface area (Å²) in [6.45, 7) is 3.42. The van der Waals surface area contributed by atoms with E-state index >= 15 is 0 Å². The second-order valence-electron chi connectivity index (χ2n) is 4.65. The molecule has 0 spiro atoms. The fourth-order valence-electron chi connectivity index (χ4n) is 2.02. The van der Waals surface area contributed by atoms with E-state index in [-0.39, 0.29) is 6.04 Å². The summed E-state index contributed by atoms with van der Waals surface area (Å²) in [5, 5.41) is 6.86. The molecule has 2 heterocycles. The van der Waals surface area contributed by atoms with E-state index in [1.54, 1.807) is 0 Å². The zero-order chi connectivity index (χ0) is 13.3. The van der Waals surface area contributed by atoms with Gasteiger partial charge in [0.25, 0.3) is 0 Å². The van der Waals surface area contributed by atoms with Gasteiger partial charge in [0.2, 0.25) is 0 Å². The van der Waals surface area contributed by atoms with Crippen LogP contribution in [0.15, 0.2) is 12.1 Å². The molecule has 0 saturated carbocycles. The molecule has 1 aromatic heterocycles. The topological polar surface area (TPSA) is 55.0 Å². The number of anilines is 1. The number of alkyl halides is 3. The molecule has 1 aromatic rings. The molecule has 0 amide bonds. The van der Waals surface area contributed by atoms with Crippen LogP contribution in [0.4, 0.5) is 19.0 Å². The number of piperidine rings is 1. The van der Waals surface area contributed by atoms with Gasteiger partial charge in [0.1, 0.15) is 0 Å². The Hall–Kier alpha value is -1.37. The molecule has 2 atom stereocenters. The van der Waals surface area contributed by atoms with Crippen LogP contribution in [0.1, 0.15) is 19.0 Å². The zero-order valence-corrected chi connectivity index (χ0v) is 9.98. The summed E-state index contributed by atoms with van der Waals surface area (Å²) in [5.74, 6) is 0.768. The maximum Gasteiger partial charge on any atom is 0.435 e. The number of aromatic nitrogens is 2. The Morgan fingerprint density at radius 3 is 2.56 bits per heavy atom. The molecule has 18 heavy (non-hydrogen) atoms. The minimum Gasteiger partial charge on any atom is -0.355 e. The lowest BCUT2D eigenvalue weighted by atomic mass is 9.95. The third-order valence-electron chi connectivity index (χ3n) is 3.24. The fourth-order valence-corrected chi connectivity index (χ4v) is 2.02. The van der Waals surface area contributed by atoms with Crippen molar-refractivity contribution >= 4 is 5.82 Å². The van der Waals surface area contributed by atoms with E-state index in [4.69, 9.17) is 5.73 Å². The molecule has 1 aliphatic heterocycles. The minimum absolute atomic E-state index is 0.142. The summed E-state index contributed by atoms with van der Waals surface area (Å²) >= 11 is 0. The molecule has 2 unspecified atom stereocenters. The molecule has 1 saturated heterocycles. The zero-order valence-electron chi connectivity index (χ0n) is 9.98. The Morgan fingerprint density at radius 2 is 2.06 bits per heavy atom. The van der Waals surface area contributed by atoms with Gasteiger partial charge in [0, 0.05) is 19.1 Å². The summed E-state index contributed by atoms with van der Waals surface area (Å²) in [4.78, 5) is 1.92. The van der Waals surface area contributed by atoms with Gasteiger partial charge < -0.3 is 10.6 Å². The van der Waals surface area contributed by atoms with Crippen LogP contribution in [0, 0.1) is 5.92 Å². The molecule has 2 rings (SSSR count). The van der Waals surface area contributed by atoms with Crippen LogP contribution in [0.3, 0.4) is 0 Å². The Balaban J connectivity index is 2.11. The number of nitrogens with zero attached hydrogens (tertiary/aromatic N) is 3. The molecule has 2 N–H and O–H groups in total. The van der Waals surface area contributed by atoms with Crippen molar-refractivity contribution in [2.75, 3.05) is 18.0 Å². The van der Waals surface area contributed by atoms with Gasteiger partial charge in [-0.25, -0.2) is 0 Å². The highest BCUT2D eigenvalue weighted by molar-refractivity contribution is 5.38. The van der Waals surface area contributed by atoms with E-state index in [0.29, 0.717) is 24.8 Å². The van der Waals surface area contributed by atoms with Crippen molar-refractivity contribution in [3.8, 4) is 0 Å². The van der Waals surface area contributed by atoms with Crippen molar-refractivity contribution in [1.82, 2.24) is 10.2 Å². The van der Waals surface area contributed by atoms with Crippen molar-refractivity contribution in [2.45, 2.75) is 25.6 Å². The molecular weight excluding hydrogens is 245 g/mol. The standard InChI is InChI=1S/C11H15F3N4/c1-7-6-18(5-4-8(7)15)10-3-2-9(16-17-10)11(12,13)14/h2-3,7-8H,4-6,15H2,1H3. The summed E-state index contributed by atoms with van der Waals surface area (Å²) in [6.07, 6.45) is -3.63. The number of rotatable bonds is 1. The normalized spacial score (nSPS) is 25.3. The van der Waals surface area contributed by atoms with Crippen LogP contribution in [0.25, 0.3) is 0 Å². The number of hydrogen-bond acceptors (Lipinski definition) is 4. The van der Waals surface area contributed by atoms with Crippen LogP contribution in [0.5, 0.6) is 0 Å². The second-order valence-corrected chi connectivity index (χ2v) is 4.65. The van der Waals surface area contributed by atoms with Gasteiger partial charge in [-0.05, 0) is 24.5 Å². The average Bonchev–Trinajstić information content (AvgIpc) is 2.32. The molecular formula is C11H15F3N4. The first-order chi connectivity index (χ1) is 8.38. The van der Waals surface area contributed by atoms with Crippen molar-refractivity contribution in [3.05, 3.63) is 17.8 Å². The maximum atomic E-state index is 12.3. The summed E-state index contributed by atoms with van der Waals surface area (Å²) in [7, 11) is 0. The van der Waals surface area contributed by atoms with Gasteiger partial charge in [-0.3, -0.25) is 0 Å². The maximum absolute atomic E-state index is 12.3. The first-order valence-electron chi connectivity index (χ1n) is 5.79. The Labute approximate surface area is 103 Å². The van der Waals surface area contributed by atoms with Crippen molar-refractivity contribution in [1.29, 1.82) is 0 Å². The monoisotopic (exact) mass is 260 g/mol. The van der Waals surface area contributed by atoms with Crippen LogP contribution in [0.2, 0.25) is 0 Å². The first kappa shape index (κ1) is 13.1. The molecule has 1 fully saturated rings. The van der Waals surface area contributed by atoms with E-state index < -0.39 is 11.9 Å². The predicted molar refractivity (Wildman–Crippen MR) is 61.0 cm³/mol. The molecule has 7 heteroatoms. The predicted octanol–water partition coefficient (Wildman–Crippen LogP) is 1.67. The summed E-state index contributed by atoms with van der Waals surface area (Å²) in [5.41, 5.74) is 4.92. The highest BCUT2D eigenvalue weighted by Gasteiger charge is 2.33. The lowest BCUT2D eigenvalue weighted by Gasteiger charge is -2.35. The van der Waals surface area contributed by atoms with Crippen LogP contribution >= 0.6 is 0 Å². The van der Waals surface area contributed by atoms with Gasteiger partial charge in [-0.2, -0.15) is 13.2 Å². The van der Waals surface area contributed by atoms with E-state index in [1.165, 1.54) is 6.07 Å². The molecule has 100 valence electrons. The molecule has 4 nitrogen and oxygen atoms in total. The molecule has 0 aliphatic carbocycles. The number of halogens is 3. The van der Waals surface area contributed by atoms with Gasteiger partial charge in [-0.1, -0.05) is 6.92 Å². The lowest BCUT2D eigenvalue weighted by molar-refractivity contribution is -0.141. The van der Waals surface area contributed by atoms with Crippen LogP contribution < -0.4 is 10.6 Å². The largest absolute Gasteiger partial charge is 0.435 e. The van der Waals surface area contributed by atoms with Crippen LogP contribution in [-0.4, -0.2) is 29.3 Å². The SMILES string of the molecule is CC1CN(c2ccc(C(F)(F)F)nn2)CCC1N. The summed E-state index contributed by atoms with van der Waals surface area (Å²) < 4.78 is 37.0. The quantitative estimate of drug-likeness (QED) is 0.834. The molecule has 1 aliphatic rings. The van der Waals surface area contributed by atoms with Crippen molar-refractivity contribution in [2.24, 2.45) is 11.7 Å². The fraction of sp³-hybridized carbons (Fsp3) is 0.636. The third-order valence-corrected chi connectivity index (χ3v) is 3.24. The molecule has 0 aromatic carbocycles. The Bertz CT molecular complexity index is 404. The second kappa shape index (κ2) is 4.72. The molecule has 0 bridgehead atoms. The Kier molecular flexibility index (Phi) is 3.43. The minimum atomic E-state index is -4.44. The van der Waals surface area contributed by atoms with E-state index in [2.05, 4.69) is 10.2 Å². The van der Waals surface area contributed by atoms with E-state index in [9.17, 15) is 13.2 Å².